The number of carbonyl (C=O) groups is 1. The van der Waals surface area contributed by atoms with Gasteiger partial charge in [-0.1, -0.05) is 0 Å². The third-order valence-electron chi connectivity index (χ3n) is 3.08. The van der Waals surface area contributed by atoms with Crippen LogP contribution in [0.25, 0.3) is 0 Å². The van der Waals surface area contributed by atoms with E-state index in [1.54, 1.807) is 11.2 Å². The summed E-state index contributed by atoms with van der Waals surface area (Å²) < 4.78 is 7.24. The summed E-state index contributed by atoms with van der Waals surface area (Å²) >= 11 is 0. The van der Waals surface area contributed by atoms with Crippen LogP contribution in [0.4, 0.5) is 4.79 Å². The number of likely N-dealkylation sites (tertiary alicyclic amines) is 1. The topological polar surface area (TPSA) is 60.2 Å². The zero-order valence-electron chi connectivity index (χ0n) is 11.9. The zero-order valence-corrected chi connectivity index (χ0v) is 11.9. The molecule has 0 aliphatic carbocycles. The molecule has 0 N–H and O–H groups in total. The van der Waals surface area contributed by atoms with E-state index in [4.69, 9.17) is 4.74 Å². The second-order valence-electron chi connectivity index (χ2n) is 6.05. The highest BCUT2D eigenvalue weighted by Gasteiger charge is 2.27. The number of rotatable bonds is 2. The summed E-state index contributed by atoms with van der Waals surface area (Å²) in [7, 11) is 0. The normalized spacial score (nSPS) is 20.4. The molecule has 1 aromatic rings. The van der Waals surface area contributed by atoms with E-state index in [1.165, 1.54) is 6.33 Å². The smallest absolute Gasteiger partial charge is 0.410 e. The van der Waals surface area contributed by atoms with Crippen molar-refractivity contribution >= 4 is 6.09 Å². The Balaban J connectivity index is 1.88. The Hall–Kier alpha value is -1.59. The molecule has 6 nitrogen and oxygen atoms in total. The van der Waals surface area contributed by atoms with Gasteiger partial charge in [0.05, 0.1) is 0 Å². The summed E-state index contributed by atoms with van der Waals surface area (Å²) in [5.41, 5.74) is -0.435. The molecule has 0 bridgehead atoms. The second-order valence-corrected chi connectivity index (χ2v) is 6.05. The Labute approximate surface area is 113 Å². The lowest BCUT2D eigenvalue weighted by molar-refractivity contribution is 0.0155. The largest absolute Gasteiger partial charge is 0.444 e. The van der Waals surface area contributed by atoms with Crippen LogP contribution >= 0.6 is 0 Å². The fraction of sp³-hybridized carbons (Fsp3) is 0.769. The van der Waals surface area contributed by atoms with Crippen molar-refractivity contribution in [2.45, 2.75) is 45.8 Å². The summed E-state index contributed by atoms with van der Waals surface area (Å²) in [5, 5.41) is 4.11. The van der Waals surface area contributed by atoms with E-state index in [0.29, 0.717) is 5.92 Å². The third-order valence-corrected chi connectivity index (χ3v) is 3.08. The third kappa shape index (κ3) is 4.22. The monoisotopic (exact) mass is 266 g/mol. The first-order chi connectivity index (χ1) is 8.94. The molecule has 0 spiro atoms. The van der Waals surface area contributed by atoms with Crippen molar-refractivity contribution in [3.05, 3.63) is 12.7 Å². The highest BCUT2D eigenvalue weighted by Crippen LogP contribution is 2.20. The number of piperidine rings is 1. The Kier molecular flexibility index (Phi) is 4.07. The molecule has 19 heavy (non-hydrogen) atoms. The van der Waals surface area contributed by atoms with Crippen LogP contribution in [-0.4, -0.2) is 44.4 Å². The van der Waals surface area contributed by atoms with Crippen LogP contribution in [0.2, 0.25) is 0 Å². The van der Waals surface area contributed by atoms with E-state index in [1.807, 2.05) is 25.5 Å². The van der Waals surface area contributed by atoms with E-state index in [9.17, 15) is 4.79 Å². The van der Waals surface area contributed by atoms with Crippen molar-refractivity contribution in [2.24, 2.45) is 5.92 Å². The highest BCUT2D eigenvalue weighted by molar-refractivity contribution is 5.68. The molecular formula is C13H22N4O2. The first kappa shape index (κ1) is 13.8. The van der Waals surface area contributed by atoms with E-state index in [-0.39, 0.29) is 6.09 Å². The molecule has 1 aromatic heterocycles. The minimum absolute atomic E-state index is 0.212. The molecule has 1 fully saturated rings. The summed E-state index contributed by atoms with van der Waals surface area (Å²) in [6.45, 7) is 7.99. The van der Waals surface area contributed by atoms with Gasteiger partial charge in [0.25, 0.3) is 0 Å². The number of hydrogen-bond acceptors (Lipinski definition) is 4. The lowest BCUT2D eigenvalue weighted by Gasteiger charge is -2.34. The van der Waals surface area contributed by atoms with Gasteiger partial charge in [0.2, 0.25) is 0 Å². The molecule has 0 radical (unpaired) electrons. The Morgan fingerprint density at radius 2 is 2.26 bits per heavy atom. The molecule has 0 unspecified atom stereocenters. The molecule has 106 valence electrons. The number of carbonyl (C=O) groups excluding carboxylic acids is 1. The maximum atomic E-state index is 12.0. The molecule has 6 heteroatoms. The van der Waals surface area contributed by atoms with Gasteiger partial charge in [-0.05, 0) is 39.5 Å². The molecule has 1 atom stereocenters. The van der Waals surface area contributed by atoms with Gasteiger partial charge in [-0.3, -0.25) is 4.68 Å². The van der Waals surface area contributed by atoms with Gasteiger partial charge in [0.15, 0.2) is 0 Å². The van der Waals surface area contributed by atoms with Crippen LogP contribution in [0.3, 0.4) is 0 Å². The van der Waals surface area contributed by atoms with Gasteiger partial charge in [0.1, 0.15) is 18.3 Å². The van der Waals surface area contributed by atoms with E-state index < -0.39 is 5.60 Å². The quantitative estimate of drug-likeness (QED) is 0.820. The summed E-state index contributed by atoms with van der Waals surface area (Å²) in [4.78, 5) is 17.8. The van der Waals surface area contributed by atoms with Gasteiger partial charge in [0, 0.05) is 19.6 Å². The summed E-state index contributed by atoms with van der Waals surface area (Å²) in [6, 6.07) is 0. The average Bonchev–Trinajstić information content (AvgIpc) is 2.80. The second kappa shape index (κ2) is 5.59. The standard InChI is InChI=1S/C13H22N4O2/c1-13(2,3)19-12(18)16-6-4-5-11(7-16)8-17-10-14-9-15-17/h9-11H,4-8H2,1-3H3/t11-/m0/s1. The average molecular weight is 266 g/mol. The molecule has 1 aliphatic rings. The molecule has 1 aliphatic heterocycles. The number of nitrogens with zero attached hydrogens (tertiary/aromatic N) is 4. The summed E-state index contributed by atoms with van der Waals surface area (Å²) in [6.07, 6.45) is 5.16. The first-order valence-electron chi connectivity index (χ1n) is 6.74. The minimum atomic E-state index is -0.435. The van der Waals surface area contributed by atoms with Gasteiger partial charge in [-0.25, -0.2) is 9.78 Å². The van der Waals surface area contributed by atoms with Crippen LogP contribution in [0.15, 0.2) is 12.7 Å². The van der Waals surface area contributed by atoms with Crippen molar-refractivity contribution in [2.75, 3.05) is 13.1 Å². The Morgan fingerprint density at radius 3 is 2.89 bits per heavy atom. The predicted molar refractivity (Wildman–Crippen MR) is 70.6 cm³/mol. The molecule has 2 heterocycles. The van der Waals surface area contributed by atoms with Crippen LogP contribution < -0.4 is 0 Å². The van der Waals surface area contributed by atoms with Crippen LogP contribution in [0.1, 0.15) is 33.6 Å². The van der Waals surface area contributed by atoms with Gasteiger partial charge in [-0.15, -0.1) is 0 Å². The lowest BCUT2D eigenvalue weighted by atomic mass is 9.98. The zero-order chi connectivity index (χ0) is 13.9. The van der Waals surface area contributed by atoms with Crippen molar-refractivity contribution in [1.82, 2.24) is 19.7 Å². The van der Waals surface area contributed by atoms with E-state index >= 15 is 0 Å². The Bertz CT molecular complexity index is 411. The number of ether oxygens (including phenoxy) is 1. The first-order valence-corrected chi connectivity index (χ1v) is 6.74. The number of aromatic nitrogens is 3. The van der Waals surface area contributed by atoms with Gasteiger partial charge < -0.3 is 9.64 Å². The van der Waals surface area contributed by atoms with Crippen LogP contribution in [0, 0.1) is 5.92 Å². The molecular weight excluding hydrogens is 244 g/mol. The number of amides is 1. The molecule has 0 saturated carbocycles. The van der Waals surface area contributed by atoms with Crippen LogP contribution in [0.5, 0.6) is 0 Å². The number of hydrogen-bond donors (Lipinski definition) is 0. The van der Waals surface area contributed by atoms with Gasteiger partial charge in [-0.2, -0.15) is 5.10 Å². The summed E-state index contributed by atoms with van der Waals surface area (Å²) in [5.74, 6) is 0.419. The van der Waals surface area contributed by atoms with E-state index in [2.05, 4.69) is 10.1 Å². The maximum Gasteiger partial charge on any atom is 0.410 e. The predicted octanol–water partition coefficient (Wildman–Crippen LogP) is 1.93. The van der Waals surface area contributed by atoms with Gasteiger partial charge >= 0.3 is 6.09 Å². The van der Waals surface area contributed by atoms with Crippen LogP contribution in [-0.2, 0) is 11.3 Å². The fourth-order valence-electron chi connectivity index (χ4n) is 2.30. The van der Waals surface area contributed by atoms with Crippen molar-refractivity contribution in [3.63, 3.8) is 0 Å². The Morgan fingerprint density at radius 1 is 1.47 bits per heavy atom. The van der Waals surface area contributed by atoms with E-state index in [0.717, 1.165) is 32.5 Å². The minimum Gasteiger partial charge on any atom is -0.444 e. The van der Waals surface area contributed by atoms with Crippen molar-refractivity contribution in [3.8, 4) is 0 Å². The molecule has 2 rings (SSSR count). The SMILES string of the molecule is CC(C)(C)OC(=O)N1CCC[C@H](Cn2cncn2)C1. The molecule has 1 saturated heterocycles. The molecule has 0 aromatic carbocycles. The fourth-order valence-corrected chi connectivity index (χ4v) is 2.30. The van der Waals surface area contributed by atoms with Crippen molar-refractivity contribution in [1.29, 1.82) is 0 Å². The lowest BCUT2D eigenvalue weighted by Crippen LogP contribution is -2.43. The van der Waals surface area contributed by atoms with Crippen molar-refractivity contribution < 1.29 is 9.53 Å². The molecule has 1 amide bonds. The maximum absolute atomic E-state index is 12.0. The highest BCUT2D eigenvalue weighted by atomic mass is 16.6.